The number of thioether (sulfide) groups is 1. The quantitative estimate of drug-likeness (QED) is 0.0483. The fraction of sp³-hybridized carbons (Fsp3) is 0.684. The normalized spacial score (nSPS) is 14.0. The Hall–Kier alpha value is -3.11. The Balaban J connectivity index is 5.34. The number of amides is 3. The van der Waals surface area contributed by atoms with E-state index in [4.69, 9.17) is 32.5 Å². The minimum Gasteiger partial charge on any atom is -0.481 e. The maximum atomic E-state index is 12.9. The molecule has 12 N–H and O–H groups in total. The van der Waals surface area contributed by atoms with Crippen molar-refractivity contribution >= 4 is 47.4 Å². The van der Waals surface area contributed by atoms with Crippen LogP contribution in [-0.2, 0) is 24.0 Å². The zero-order valence-corrected chi connectivity index (χ0v) is 20.3. The summed E-state index contributed by atoms with van der Waals surface area (Å²) in [5.41, 5.74) is 16.3. The van der Waals surface area contributed by atoms with Crippen LogP contribution in [0.25, 0.3) is 0 Å². The van der Waals surface area contributed by atoms with E-state index >= 15 is 0 Å². The molecule has 0 aromatic heterocycles. The summed E-state index contributed by atoms with van der Waals surface area (Å²) in [6.45, 7) is -0.639. The van der Waals surface area contributed by atoms with Gasteiger partial charge in [-0.2, -0.15) is 11.8 Å². The lowest BCUT2D eigenvalue weighted by molar-refractivity contribution is -0.144. The van der Waals surface area contributed by atoms with Crippen LogP contribution in [0.4, 0.5) is 0 Å². The minimum absolute atomic E-state index is 0.0908. The van der Waals surface area contributed by atoms with E-state index in [-0.39, 0.29) is 31.8 Å². The molecule has 0 aliphatic carbocycles. The summed E-state index contributed by atoms with van der Waals surface area (Å²) in [5, 5.41) is 34.0. The van der Waals surface area contributed by atoms with E-state index in [9.17, 15) is 24.0 Å². The first-order valence-corrected chi connectivity index (χ1v) is 12.1. The number of rotatable bonds is 18. The van der Waals surface area contributed by atoms with Gasteiger partial charge in [-0.25, -0.2) is 4.79 Å². The van der Waals surface area contributed by atoms with E-state index in [1.165, 1.54) is 11.8 Å². The van der Waals surface area contributed by atoms with Crippen LogP contribution in [0.15, 0.2) is 4.99 Å². The second kappa shape index (κ2) is 17.3. The van der Waals surface area contributed by atoms with E-state index in [0.29, 0.717) is 12.2 Å². The highest BCUT2D eigenvalue weighted by molar-refractivity contribution is 7.98. The monoisotopic (exact) mass is 521 g/mol. The second-order valence-corrected chi connectivity index (χ2v) is 8.46. The number of nitrogens with zero attached hydrogens (tertiary/aromatic N) is 1. The van der Waals surface area contributed by atoms with Crippen molar-refractivity contribution in [1.29, 1.82) is 0 Å². The highest BCUT2D eigenvalue weighted by Crippen LogP contribution is 2.06. The molecule has 0 saturated carbocycles. The Labute approximate surface area is 206 Å². The van der Waals surface area contributed by atoms with Gasteiger partial charge in [-0.1, -0.05) is 0 Å². The van der Waals surface area contributed by atoms with Crippen molar-refractivity contribution in [3.63, 3.8) is 0 Å². The first-order chi connectivity index (χ1) is 16.4. The number of aliphatic imine (C=N–C) groups is 1. The van der Waals surface area contributed by atoms with Crippen LogP contribution in [0.1, 0.15) is 32.1 Å². The van der Waals surface area contributed by atoms with Gasteiger partial charge in [0.25, 0.3) is 0 Å². The average molecular weight is 522 g/mol. The van der Waals surface area contributed by atoms with Gasteiger partial charge in [-0.05, 0) is 37.7 Å². The third-order valence-corrected chi connectivity index (χ3v) is 5.27. The summed E-state index contributed by atoms with van der Waals surface area (Å²) < 4.78 is 0. The number of carboxylic acids is 2. The molecule has 0 bridgehead atoms. The molecule has 0 aliphatic rings. The van der Waals surface area contributed by atoms with Crippen molar-refractivity contribution < 1.29 is 39.3 Å². The lowest BCUT2D eigenvalue weighted by atomic mass is 10.1. The lowest BCUT2D eigenvalue weighted by Gasteiger charge is -2.24. The lowest BCUT2D eigenvalue weighted by Crippen LogP contribution is -2.57. The molecular formula is C19H35N7O8S. The number of guanidine groups is 1. The molecule has 35 heavy (non-hydrogen) atoms. The van der Waals surface area contributed by atoms with Crippen LogP contribution in [-0.4, -0.2) is 100 Å². The molecule has 0 heterocycles. The molecule has 0 fully saturated rings. The SMILES string of the molecule is CSCCC(NC(=O)C(N)CCCN=C(N)N)C(=O)NC(CCC(=O)O)C(=O)NC(CO)C(=O)O. The first-order valence-electron chi connectivity index (χ1n) is 10.7. The summed E-state index contributed by atoms with van der Waals surface area (Å²) in [6, 6.07) is -5.11. The topological polar surface area (TPSA) is 273 Å². The zero-order chi connectivity index (χ0) is 27.0. The molecule has 0 saturated heterocycles. The van der Waals surface area contributed by atoms with Crippen LogP contribution >= 0.6 is 11.8 Å². The summed E-state index contributed by atoms with van der Waals surface area (Å²) in [7, 11) is 0. The maximum absolute atomic E-state index is 12.9. The fourth-order valence-electron chi connectivity index (χ4n) is 2.70. The van der Waals surface area contributed by atoms with Crippen LogP contribution in [0.2, 0.25) is 0 Å². The second-order valence-electron chi connectivity index (χ2n) is 7.47. The highest BCUT2D eigenvalue weighted by atomic mass is 32.2. The van der Waals surface area contributed by atoms with Gasteiger partial charge in [0, 0.05) is 13.0 Å². The van der Waals surface area contributed by atoms with Crippen molar-refractivity contribution in [1.82, 2.24) is 16.0 Å². The van der Waals surface area contributed by atoms with E-state index in [2.05, 4.69) is 15.6 Å². The van der Waals surface area contributed by atoms with Crippen molar-refractivity contribution in [2.75, 3.05) is 25.2 Å². The van der Waals surface area contributed by atoms with Gasteiger partial charge in [-0.15, -0.1) is 0 Å². The molecule has 0 radical (unpaired) electrons. The van der Waals surface area contributed by atoms with Gasteiger partial charge < -0.3 is 48.5 Å². The highest BCUT2D eigenvalue weighted by Gasteiger charge is 2.30. The molecule has 0 rings (SSSR count). The number of nitrogens with two attached hydrogens (primary N) is 3. The number of aliphatic hydroxyl groups excluding tert-OH is 1. The molecule has 0 aromatic rings. The molecule has 3 amide bonds. The van der Waals surface area contributed by atoms with E-state index < -0.39 is 66.9 Å². The van der Waals surface area contributed by atoms with Crippen molar-refractivity contribution in [2.45, 2.75) is 56.3 Å². The molecule has 0 spiro atoms. The number of nitrogens with one attached hydrogen (secondary N) is 3. The molecule has 15 nitrogen and oxygen atoms in total. The Morgan fingerprint density at radius 1 is 0.886 bits per heavy atom. The largest absolute Gasteiger partial charge is 0.481 e. The number of hydrogen-bond donors (Lipinski definition) is 9. The van der Waals surface area contributed by atoms with Crippen molar-refractivity contribution in [2.24, 2.45) is 22.2 Å². The molecular weight excluding hydrogens is 486 g/mol. The predicted octanol–water partition coefficient (Wildman–Crippen LogP) is -3.48. The molecule has 4 unspecified atom stereocenters. The third-order valence-electron chi connectivity index (χ3n) is 4.63. The molecule has 200 valence electrons. The van der Waals surface area contributed by atoms with Crippen LogP contribution < -0.4 is 33.2 Å². The zero-order valence-electron chi connectivity index (χ0n) is 19.4. The van der Waals surface area contributed by atoms with Crippen LogP contribution in [0, 0.1) is 0 Å². The van der Waals surface area contributed by atoms with Gasteiger partial charge in [0.1, 0.15) is 18.1 Å². The van der Waals surface area contributed by atoms with E-state index in [0.717, 1.165) is 0 Å². The fourth-order valence-corrected chi connectivity index (χ4v) is 3.17. The number of hydrogen-bond acceptors (Lipinski definition) is 9. The van der Waals surface area contributed by atoms with Crippen molar-refractivity contribution in [3.8, 4) is 0 Å². The predicted molar refractivity (Wildman–Crippen MR) is 128 cm³/mol. The molecule has 0 aliphatic heterocycles. The van der Waals surface area contributed by atoms with Crippen LogP contribution in [0.3, 0.4) is 0 Å². The number of carboxylic acid groups (broad SMARTS) is 2. The first kappa shape index (κ1) is 31.9. The minimum atomic E-state index is -1.64. The Kier molecular flexibility index (Phi) is 15.8. The van der Waals surface area contributed by atoms with Gasteiger partial charge >= 0.3 is 11.9 Å². The molecule has 16 heteroatoms. The molecule has 4 atom stereocenters. The van der Waals surface area contributed by atoms with Gasteiger partial charge in [0.05, 0.1) is 12.6 Å². The number of carbonyl (C=O) groups excluding carboxylic acids is 3. The summed E-state index contributed by atoms with van der Waals surface area (Å²) in [6.07, 6.45) is 1.77. The smallest absolute Gasteiger partial charge is 0.328 e. The summed E-state index contributed by atoms with van der Waals surface area (Å²) in [5.74, 6) is -4.76. The van der Waals surface area contributed by atoms with Crippen LogP contribution in [0.5, 0.6) is 0 Å². The Morgan fingerprint density at radius 3 is 1.91 bits per heavy atom. The summed E-state index contributed by atoms with van der Waals surface area (Å²) >= 11 is 1.41. The standard InChI is InChI=1S/C19H35N7O8S/c1-35-8-6-12(24-15(30)10(20)3-2-7-23-19(21)22)17(32)25-11(4-5-14(28)29)16(31)26-13(9-27)18(33)34/h10-13,27H,2-9,20H2,1H3,(H,24,30)(H,25,32)(H,26,31)(H,28,29)(H,33,34)(H4,21,22,23). The third kappa shape index (κ3) is 14.0. The molecule has 0 aromatic carbocycles. The number of carbonyl (C=O) groups is 5. The maximum Gasteiger partial charge on any atom is 0.328 e. The Morgan fingerprint density at radius 2 is 1.43 bits per heavy atom. The van der Waals surface area contributed by atoms with Crippen molar-refractivity contribution in [3.05, 3.63) is 0 Å². The van der Waals surface area contributed by atoms with Gasteiger partial charge in [-0.3, -0.25) is 24.2 Å². The van der Waals surface area contributed by atoms with E-state index in [1.54, 1.807) is 6.26 Å². The van der Waals surface area contributed by atoms with E-state index in [1.807, 2.05) is 5.32 Å². The number of aliphatic hydroxyl groups is 1. The Bertz CT molecular complexity index is 763. The number of aliphatic carboxylic acids is 2. The summed E-state index contributed by atoms with van der Waals surface area (Å²) in [4.78, 5) is 63.7. The van der Waals surface area contributed by atoms with Gasteiger partial charge in [0.2, 0.25) is 17.7 Å². The van der Waals surface area contributed by atoms with Gasteiger partial charge in [0.15, 0.2) is 5.96 Å². The average Bonchev–Trinajstić information content (AvgIpc) is 2.79.